The number of pyridine rings is 1. The van der Waals surface area contributed by atoms with Gasteiger partial charge in [0.15, 0.2) is 17.5 Å². The molecule has 0 radical (unpaired) electrons. The van der Waals surface area contributed by atoms with Crippen molar-refractivity contribution >= 4 is 11.4 Å². The Balaban J connectivity index is 1.50. The van der Waals surface area contributed by atoms with Crippen LogP contribution in [0.2, 0.25) is 0 Å². The Hall–Kier alpha value is -3.62. The van der Waals surface area contributed by atoms with Crippen LogP contribution in [0, 0.1) is 24.4 Å². The fourth-order valence-corrected chi connectivity index (χ4v) is 4.29. The van der Waals surface area contributed by atoms with Crippen molar-refractivity contribution in [1.82, 2.24) is 24.3 Å². The molecule has 0 saturated carbocycles. The second kappa shape index (κ2) is 6.97. The molecule has 1 aliphatic rings. The highest BCUT2D eigenvalue weighted by Gasteiger charge is 2.29. The Labute approximate surface area is 175 Å². The number of fused-ring (bicyclic) bond motifs is 2. The van der Waals surface area contributed by atoms with Crippen LogP contribution in [0.15, 0.2) is 36.7 Å². The zero-order chi connectivity index (χ0) is 21.9. The van der Waals surface area contributed by atoms with Crippen LogP contribution in [0.1, 0.15) is 27.2 Å². The average molecular weight is 425 g/mol. The van der Waals surface area contributed by atoms with E-state index >= 15 is 0 Å². The third-order valence-electron chi connectivity index (χ3n) is 5.70. The maximum absolute atomic E-state index is 13.8. The number of hydrogen-bond donors (Lipinski definition) is 0. The van der Waals surface area contributed by atoms with E-state index in [2.05, 4.69) is 10.2 Å². The first-order chi connectivity index (χ1) is 14.8. The van der Waals surface area contributed by atoms with Crippen molar-refractivity contribution in [2.24, 2.45) is 7.05 Å². The van der Waals surface area contributed by atoms with Gasteiger partial charge in [0.05, 0.1) is 35.2 Å². The predicted octanol–water partition coefficient (Wildman–Crippen LogP) is 3.66. The molecule has 0 spiro atoms. The minimum atomic E-state index is -1.50. The molecule has 0 bridgehead atoms. The standard InChI is InChI=1S/C22H18F3N5O/c1-12-10-26-30-6-3-4-15(20(12)30)22(31)29-7-5-14-18(11-29)27-28(2)21(14)13-8-16(23)19(25)17(24)9-13/h3-4,6,8-10H,5,7,11H2,1-2H3. The maximum atomic E-state index is 13.8. The van der Waals surface area contributed by atoms with Crippen LogP contribution >= 0.6 is 0 Å². The monoisotopic (exact) mass is 425 g/mol. The summed E-state index contributed by atoms with van der Waals surface area (Å²) >= 11 is 0. The van der Waals surface area contributed by atoms with E-state index in [1.807, 2.05) is 6.92 Å². The third-order valence-corrected chi connectivity index (χ3v) is 5.70. The van der Waals surface area contributed by atoms with Gasteiger partial charge in [0, 0.05) is 30.9 Å². The molecule has 0 atom stereocenters. The molecule has 9 heteroatoms. The van der Waals surface area contributed by atoms with E-state index in [1.54, 1.807) is 41.0 Å². The van der Waals surface area contributed by atoms with Crippen LogP contribution in [0.5, 0.6) is 0 Å². The number of carbonyl (C=O) groups is 1. The van der Waals surface area contributed by atoms with Crippen molar-refractivity contribution < 1.29 is 18.0 Å². The highest BCUT2D eigenvalue weighted by atomic mass is 19.2. The molecule has 4 heterocycles. The third kappa shape index (κ3) is 2.99. The van der Waals surface area contributed by atoms with E-state index in [-0.39, 0.29) is 18.0 Å². The first kappa shape index (κ1) is 19.3. The van der Waals surface area contributed by atoms with Gasteiger partial charge in [0.2, 0.25) is 0 Å². The second-order valence-corrected chi connectivity index (χ2v) is 7.67. The number of benzene rings is 1. The van der Waals surface area contributed by atoms with Crippen molar-refractivity contribution in [3.8, 4) is 11.3 Å². The van der Waals surface area contributed by atoms with Gasteiger partial charge >= 0.3 is 0 Å². The molecule has 4 aromatic rings. The Morgan fingerprint density at radius 1 is 1.16 bits per heavy atom. The normalized spacial score (nSPS) is 13.6. The number of halogens is 3. The van der Waals surface area contributed by atoms with E-state index in [9.17, 15) is 18.0 Å². The molecule has 6 nitrogen and oxygen atoms in total. The first-order valence-corrected chi connectivity index (χ1v) is 9.77. The summed E-state index contributed by atoms with van der Waals surface area (Å²) < 4.78 is 44.1. The summed E-state index contributed by atoms with van der Waals surface area (Å²) in [5, 5.41) is 8.73. The highest BCUT2D eigenvalue weighted by molar-refractivity contribution is 6.01. The molecule has 0 fully saturated rings. The summed E-state index contributed by atoms with van der Waals surface area (Å²) in [6.45, 7) is 2.59. The smallest absolute Gasteiger partial charge is 0.256 e. The van der Waals surface area contributed by atoms with Crippen LogP contribution in [0.4, 0.5) is 13.2 Å². The van der Waals surface area contributed by atoms with Gasteiger partial charge in [-0.2, -0.15) is 10.2 Å². The molecule has 1 aliphatic heterocycles. The summed E-state index contributed by atoms with van der Waals surface area (Å²) in [5.74, 6) is -4.13. The lowest BCUT2D eigenvalue weighted by Gasteiger charge is -2.27. The summed E-state index contributed by atoms with van der Waals surface area (Å²) in [5.41, 5.74) is 4.41. The van der Waals surface area contributed by atoms with E-state index in [0.717, 1.165) is 28.8 Å². The molecule has 0 aliphatic carbocycles. The fourth-order valence-electron chi connectivity index (χ4n) is 4.29. The van der Waals surface area contributed by atoms with Crippen molar-refractivity contribution in [2.75, 3.05) is 6.54 Å². The number of hydrogen-bond acceptors (Lipinski definition) is 3. The largest absolute Gasteiger partial charge is 0.332 e. The Kier molecular flexibility index (Phi) is 4.35. The second-order valence-electron chi connectivity index (χ2n) is 7.67. The van der Waals surface area contributed by atoms with Gasteiger partial charge in [-0.15, -0.1) is 0 Å². The van der Waals surface area contributed by atoms with Crippen molar-refractivity contribution in [3.63, 3.8) is 0 Å². The Morgan fingerprint density at radius 3 is 2.65 bits per heavy atom. The minimum Gasteiger partial charge on any atom is -0.332 e. The molecule has 158 valence electrons. The van der Waals surface area contributed by atoms with Gasteiger partial charge in [-0.05, 0) is 43.2 Å². The Morgan fingerprint density at radius 2 is 1.90 bits per heavy atom. The van der Waals surface area contributed by atoms with E-state index < -0.39 is 17.5 Å². The molecule has 31 heavy (non-hydrogen) atoms. The number of nitrogens with zero attached hydrogens (tertiary/aromatic N) is 5. The van der Waals surface area contributed by atoms with Crippen LogP contribution < -0.4 is 0 Å². The molecule has 3 aromatic heterocycles. The quantitative estimate of drug-likeness (QED) is 0.461. The zero-order valence-corrected chi connectivity index (χ0v) is 16.9. The van der Waals surface area contributed by atoms with E-state index in [4.69, 9.17) is 0 Å². The van der Waals surface area contributed by atoms with E-state index in [0.29, 0.717) is 29.9 Å². The van der Waals surface area contributed by atoms with Crippen LogP contribution in [-0.4, -0.2) is 36.7 Å². The van der Waals surface area contributed by atoms with Gasteiger partial charge in [-0.1, -0.05) is 0 Å². The number of aryl methyl sites for hydroxylation is 2. The zero-order valence-electron chi connectivity index (χ0n) is 16.9. The number of carbonyl (C=O) groups excluding carboxylic acids is 1. The van der Waals surface area contributed by atoms with Crippen LogP contribution in [0.25, 0.3) is 16.8 Å². The fraction of sp³-hybridized carbons (Fsp3) is 0.227. The van der Waals surface area contributed by atoms with Gasteiger partial charge in [0.1, 0.15) is 0 Å². The summed E-state index contributed by atoms with van der Waals surface area (Å²) in [7, 11) is 1.66. The first-order valence-electron chi connectivity index (χ1n) is 9.77. The molecule has 0 unspecified atom stereocenters. The lowest BCUT2D eigenvalue weighted by molar-refractivity contribution is 0.0734. The molecular formula is C22H18F3N5O. The number of rotatable bonds is 2. The highest BCUT2D eigenvalue weighted by Crippen LogP contribution is 2.32. The summed E-state index contributed by atoms with van der Waals surface area (Å²) in [4.78, 5) is 15.0. The molecule has 0 saturated heterocycles. The number of amides is 1. The van der Waals surface area contributed by atoms with Gasteiger partial charge in [-0.3, -0.25) is 9.48 Å². The summed E-state index contributed by atoms with van der Waals surface area (Å²) in [6.07, 6.45) is 3.97. The van der Waals surface area contributed by atoms with Gasteiger partial charge < -0.3 is 4.90 Å². The maximum Gasteiger partial charge on any atom is 0.256 e. The van der Waals surface area contributed by atoms with Crippen LogP contribution in [-0.2, 0) is 20.0 Å². The van der Waals surface area contributed by atoms with Crippen molar-refractivity contribution in [3.05, 3.63) is 76.5 Å². The van der Waals surface area contributed by atoms with Crippen molar-refractivity contribution in [1.29, 1.82) is 0 Å². The van der Waals surface area contributed by atoms with E-state index in [1.165, 1.54) is 4.68 Å². The molecular weight excluding hydrogens is 407 g/mol. The van der Waals surface area contributed by atoms with Gasteiger partial charge in [-0.25, -0.2) is 17.7 Å². The lowest BCUT2D eigenvalue weighted by atomic mass is 9.99. The Bertz CT molecular complexity index is 1330. The minimum absolute atomic E-state index is 0.133. The molecule has 1 amide bonds. The number of aromatic nitrogens is 4. The molecule has 1 aromatic carbocycles. The topological polar surface area (TPSA) is 55.4 Å². The van der Waals surface area contributed by atoms with Crippen LogP contribution in [0.3, 0.4) is 0 Å². The van der Waals surface area contributed by atoms with Crippen molar-refractivity contribution in [2.45, 2.75) is 19.9 Å². The van der Waals surface area contributed by atoms with Gasteiger partial charge in [0.25, 0.3) is 5.91 Å². The average Bonchev–Trinajstić information content (AvgIpc) is 3.29. The SMILES string of the molecule is Cc1cnn2cccc(C(=O)N3CCc4c(nn(C)c4-c4cc(F)c(F)c(F)c4)C3)c12. The summed E-state index contributed by atoms with van der Waals surface area (Å²) in [6, 6.07) is 5.49. The molecule has 0 N–H and O–H groups in total. The predicted molar refractivity (Wildman–Crippen MR) is 107 cm³/mol. The lowest BCUT2D eigenvalue weighted by Crippen LogP contribution is -2.36. The molecule has 5 rings (SSSR count).